The second kappa shape index (κ2) is 5.20. The number of halogens is 1. The maximum atomic E-state index is 9.98. The molecule has 5 heteroatoms. The van der Waals surface area contributed by atoms with Crippen molar-refractivity contribution in [3.05, 3.63) is 41.2 Å². The topological polar surface area (TPSA) is 49.5 Å². The van der Waals surface area contributed by atoms with Crippen molar-refractivity contribution in [2.45, 2.75) is 25.5 Å². The summed E-state index contributed by atoms with van der Waals surface area (Å²) in [5, 5.41) is 10.7. The van der Waals surface area contributed by atoms with Crippen LogP contribution >= 0.6 is 11.6 Å². The van der Waals surface area contributed by atoms with Gasteiger partial charge in [-0.25, -0.2) is 4.98 Å². The molecule has 1 aliphatic heterocycles. The van der Waals surface area contributed by atoms with E-state index in [4.69, 9.17) is 16.0 Å². The van der Waals surface area contributed by atoms with Crippen LogP contribution in [0.3, 0.4) is 0 Å². The number of oxazole rings is 1. The van der Waals surface area contributed by atoms with Gasteiger partial charge in [0.05, 0.1) is 11.3 Å². The number of hydrogen-bond acceptors (Lipinski definition) is 4. The Morgan fingerprint density at radius 2 is 2.05 bits per heavy atom. The molecule has 1 aromatic carbocycles. The van der Waals surface area contributed by atoms with Crippen LogP contribution in [0.5, 0.6) is 0 Å². The monoisotopic (exact) mass is 292 g/mol. The molecule has 1 saturated heterocycles. The van der Waals surface area contributed by atoms with Gasteiger partial charge in [0.15, 0.2) is 0 Å². The van der Waals surface area contributed by atoms with Gasteiger partial charge in [0.2, 0.25) is 5.89 Å². The first kappa shape index (κ1) is 13.6. The predicted molar refractivity (Wildman–Crippen MR) is 77.5 cm³/mol. The van der Waals surface area contributed by atoms with Crippen molar-refractivity contribution in [1.29, 1.82) is 0 Å². The van der Waals surface area contributed by atoms with Gasteiger partial charge in [-0.05, 0) is 30.7 Å². The van der Waals surface area contributed by atoms with Gasteiger partial charge in [-0.2, -0.15) is 0 Å². The number of benzene rings is 1. The third-order valence-electron chi connectivity index (χ3n) is 3.72. The minimum absolute atomic E-state index is 0.511. The average Bonchev–Trinajstić information content (AvgIpc) is 2.86. The Morgan fingerprint density at radius 3 is 2.70 bits per heavy atom. The van der Waals surface area contributed by atoms with Crippen LogP contribution in [0.25, 0.3) is 11.5 Å². The third-order valence-corrected chi connectivity index (χ3v) is 3.97. The van der Waals surface area contributed by atoms with Crippen LogP contribution in [0.15, 0.2) is 34.9 Å². The summed E-state index contributed by atoms with van der Waals surface area (Å²) in [6, 6.07) is 7.41. The van der Waals surface area contributed by atoms with Crippen LogP contribution in [0, 0.1) is 0 Å². The highest BCUT2D eigenvalue weighted by atomic mass is 35.5. The van der Waals surface area contributed by atoms with Crippen molar-refractivity contribution < 1.29 is 9.52 Å². The zero-order chi connectivity index (χ0) is 14.2. The molecular formula is C15H17ClN2O2. The first-order valence-electron chi connectivity index (χ1n) is 6.73. The van der Waals surface area contributed by atoms with Crippen LogP contribution in [0.1, 0.15) is 19.0 Å². The molecule has 0 aliphatic carbocycles. The van der Waals surface area contributed by atoms with Crippen LogP contribution in [-0.4, -0.2) is 33.7 Å². The van der Waals surface area contributed by atoms with Crippen molar-refractivity contribution in [1.82, 2.24) is 9.88 Å². The van der Waals surface area contributed by atoms with Crippen molar-refractivity contribution in [2.24, 2.45) is 0 Å². The zero-order valence-corrected chi connectivity index (χ0v) is 12.1. The number of rotatable bonds is 4. The van der Waals surface area contributed by atoms with Gasteiger partial charge in [0, 0.05) is 30.2 Å². The number of nitrogens with zero attached hydrogens (tertiary/aromatic N) is 2. The summed E-state index contributed by atoms with van der Waals surface area (Å²) in [5.41, 5.74) is 1.28. The van der Waals surface area contributed by atoms with Crippen molar-refractivity contribution in [2.75, 3.05) is 13.1 Å². The van der Waals surface area contributed by atoms with Crippen LogP contribution in [0.4, 0.5) is 0 Å². The normalized spacial score (nSPS) is 17.9. The summed E-state index contributed by atoms with van der Waals surface area (Å²) in [6.45, 7) is 4.12. The first-order chi connectivity index (χ1) is 9.58. The van der Waals surface area contributed by atoms with Crippen molar-refractivity contribution >= 4 is 11.6 Å². The molecule has 1 aromatic heterocycles. The fourth-order valence-electron chi connectivity index (χ4n) is 2.46. The van der Waals surface area contributed by atoms with E-state index >= 15 is 0 Å². The predicted octanol–water partition coefficient (Wildman–Crippen LogP) is 2.95. The first-order valence-corrected chi connectivity index (χ1v) is 7.11. The van der Waals surface area contributed by atoms with E-state index in [9.17, 15) is 5.11 Å². The quantitative estimate of drug-likeness (QED) is 0.941. The molecule has 2 heterocycles. The Hall–Kier alpha value is -1.36. The maximum Gasteiger partial charge on any atom is 0.226 e. The van der Waals surface area contributed by atoms with E-state index in [0.717, 1.165) is 17.7 Å². The lowest BCUT2D eigenvalue weighted by atomic mass is 9.91. The molecule has 1 aliphatic rings. The minimum Gasteiger partial charge on any atom is -0.444 e. The summed E-state index contributed by atoms with van der Waals surface area (Å²) >= 11 is 5.86. The molecule has 0 amide bonds. The Bertz CT molecular complexity index is 588. The van der Waals surface area contributed by atoms with Crippen LogP contribution < -0.4 is 0 Å². The molecule has 1 N–H and O–H groups in total. The van der Waals surface area contributed by atoms with Gasteiger partial charge in [-0.15, -0.1) is 0 Å². The van der Waals surface area contributed by atoms with Gasteiger partial charge in [-0.1, -0.05) is 18.5 Å². The third kappa shape index (κ3) is 2.73. The number of hydrogen-bond donors (Lipinski definition) is 1. The van der Waals surface area contributed by atoms with Crippen molar-refractivity contribution in [3.63, 3.8) is 0 Å². The molecule has 0 saturated carbocycles. The lowest BCUT2D eigenvalue weighted by molar-refractivity contribution is -0.103. The Morgan fingerprint density at radius 1 is 1.35 bits per heavy atom. The molecule has 0 radical (unpaired) electrons. The van der Waals surface area contributed by atoms with E-state index in [0.29, 0.717) is 30.5 Å². The summed E-state index contributed by atoms with van der Waals surface area (Å²) in [5.74, 6) is 0.600. The zero-order valence-electron chi connectivity index (χ0n) is 11.3. The molecule has 20 heavy (non-hydrogen) atoms. The standard InChI is InChI=1S/C15H17ClN2O2/c1-2-15(19)9-18(10-15)7-13-8-20-14(17-13)11-3-5-12(16)6-4-11/h3-6,8,19H,2,7,9-10H2,1H3. The number of aromatic nitrogens is 1. The SMILES string of the molecule is CCC1(O)CN(Cc2coc(-c3ccc(Cl)cc3)n2)C1. The highest BCUT2D eigenvalue weighted by molar-refractivity contribution is 6.30. The smallest absolute Gasteiger partial charge is 0.226 e. The van der Waals surface area contributed by atoms with E-state index in [2.05, 4.69) is 9.88 Å². The molecule has 1 fully saturated rings. The lowest BCUT2D eigenvalue weighted by Crippen LogP contribution is -2.60. The molecule has 0 unspecified atom stereocenters. The van der Waals surface area contributed by atoms with E-state index in [1.54, 1.807) is 6.26 Å². The lowest BCUT2D eigenvalue weighted by Gasteiger charge is -2.45. The molecule has 0 spiro atoms. The maximum absolute atomic E-state index is 9.98. The summed E-state index contributed by atoms with van der Waals surface area (Å²) in [4.78, 5) is 6.63. The van der Waals surface area contributed by atoms with Gasteiger partial charge in [0.1, 0.15) is 6.26 Å². The van der Waals surface area contributed by atoms with E-state index < -0.39 is 5.60 Å². The van der Waals surface area contributed by atoms with Crippen LogP contribution in [-0.2, 0) is 6.54 Å². The van der Waals surface area contributed by atoms with E-state index in [1.165, 1.54) is 0 Å². The molecule has 106 valence electrons. The Kier molecular flexibility index (Phi) is 3.54. The number of aliphatic hydroxyl groups is 1. The second-order valence-electron chi connectivity index (χ2n) is 5.37. The summed E-state index contributed by atoms with van der Waals surface area (Å²) < 4.78 is 5.49. The van der Waals surface area contributed by atoms with Gasteiger partial charge >= 0.3 is 0 Å². The minimum atomic E-state index is -0.511. The Balaban J connectivity index is 1.64. The van der Waals surface area contributed by atoms with Crippen molar-refractivity contribution in [3.8, 4) is 11.5 Å². The molecule has 0 atom stereocenters. The van der Waals surface area contributed by atoms with Gasteiger partial charge in [-0.3, -0.25) is 4.90 Å². The van der Waals surface area contributed by atoms with Crippen LogP contribution in [0.2, 0.25) is 5.02 Å². The largest absolute Gasteiger partial charge is 0.444 e. The van der Waals surface area contributed by atoms with Gasteiger partial charge < -0.3 is 9.52 Å². The molecule has 3 rings (SSSR count). The average molecular weight is 293 g/mol. The highest BCUT2D eigenvalue weighted by Gasteiger charge is 2.39. The number of likely N-dealkylation sites (tertiary alicyclic amines) is 1. The van der Waals surface area contributed by atoms with E-state index in [-0.39, 0.29) is 0 Å². The summed E-state index contributed by atoms with van der Waals surface area (Å²) in [6.07, 6.45) is 2.46. The molecular weight excluding hydrogens is 276 g/mol. The molecule has 2 aromatic rings. The highest BCUT2D eigenvalue weighted by Crippen LogP contribution is 2.26. The fraction of sp³-hybridized carbons (Fsp3) is 0.400. The second-order valence-corrected chi connectivity index (χ2v) is 5.81. The summed E-state index contributed by atoms with van der Waals surface area (Å²) in [7, 11) is 0. The fourth-order valence-corrected chi connectivity index (χ4v) is 2.58. The van der Waals surface area contributed by atoms with E-state index in [1.807, 2.05) is 31.2 Å². The number of β-amino-alcohol motifs (C(OH)–C–C–N with tert-alkyl or cyclic N) is 1. The Labute approximate surface area is 123 Å². The van der Waals surface area contributed by atoms with Gasteiger partial charge in [0.25, 0.3) is 0 Å². The molecule has 0 bridgehead atoms. The molecule has 4 nitrogen and oxygen atoms in total.